The minimum Gasteiger partial charge on any atom is -0.497 e. The van der Waals surface area contributed by atoms with E-state index in [0.29, 0.717) is 18.4 Å². The molecule has 0 saturated carbocycles. The van der Waals surface area contributed by atoms with Crippen LogP contribution in [-0.2, 0) is 11.2 Å². The number of benzene rings is 1. The molecule has 1 N–H and O–H groups in total. The SMILES string of the molecule is COc1ccc(CCC(=O)NCC2CCN(C(C)C)CC2)cc1. The van der Waals surface area contributed by atoms with E-state index in [1.54, 1.807) is 7.11 Å². The molecule has 1 saturated heterocycles. The van der Waals surface area contributed by atoms with Crippen LogP contribution in [0.1, 0.15) is 38.7 Å². The van der Waals surface area contributed by atoms with Gasteiger partial charge in [-0.05, 0) is 69.8 Å². The maximum Gasteiger partial charge on any atom is 0.220 e. The second kappa shape index (κ2) is 8.92. The minimum absolute atomic E-state index is 0.159. The highest BCUT2D eigenvalue weighted by atomic mass is 16.5. The Kier molecular flexibility index (Phi) is 6.90. The lowest BCUT2D eigenvalue weighted by Crippen LogP contribution is -2.41. The molecule has 1 amide bonds. The van der Waals surface area contributed by atoms with Crippen LogP contribution < -0.4 is 10.1 Å². The predicted octanol–water partition coefficient (Wildman–Crippen LogP) is 2.86. The third-order valence-electron chi connectivity index (χ3n) is 4.77. The van der Waals surface area contributed by atoms with Crippen molar-refractivity contribution in [2.75, 3.05) is 26.7 Å². The number of nitrogens with zero attached hydrogens (tertiary/aromatic N) is 1. The highest BCUT2D eigenvalue weighted by Crippen LogP contribution is 2.18. The lowest BCUT2D eigenvalue weighted by Gasteiger charge is -2.34. The van der Waals surface area contributed by atoms with Crippen LogP contribution in [0.2, 0.25) is 0 Å². The van der Waals surface area contributed by atoms with E-state index in [9.17, 15) is 4.79 Å². The normalized spacial score (nSPS) is 16.5. The van der Waals surface area contributed by atoms with E-state index < -0.39 is 0 Å². The molecule has 23 heavy (non-hydrogen) atoms. The Morgan fingerprint density at radius 2 is 1.91 bits per heavy atom. The number of carbonyl (C=O) groups excluding carboxylic acids is 1. The van der Waals surface area contributed by atoms with Gasteiger partial charge < -0.3 is 15.0 Å². The third-order valence-corrected chi connectivity index (χ3v) is 4.77. The Labute approximate surface area is 140 Å². The summed E-state index contributed by atoms with van der Waals surface area (Å²) in [4.78, 5) is 14.5. The van der Waals surface area contributed by atoms with Crippen molar-refractivity contribution in [1.82, 2.24) is 10.2 Å². The summed E-state index contributed by atoms with van der Waals surface area (Å²) < 4.78 is 5.14. The molecule has 1 aliphatic rings. The minimum atomic E-state index is 0.159. The smallest absolute Gasteiger partial charge is 0.220 e. The van der Waals surface area contributed by atoms with Crippen LogP contribution in [0.4, 0.5) is 0 Å². The average molecular weight is 318 g/mol. The Morgan fingerprint density at radius 1 is 1.26 bits per heavy atom. The number of amides is 1. The van der Waals surface area contributed by atoms with Crippen LogP contribution in [0.3, 0.4) is 0 Å². The highest BCUT2D eigenvalue weighted by molar-refractivity contribution is 5.76. The lowest BCUT2D eigenvalue weighted by molar-refractivity contribution is -0.121. The van der Waals surface area contributed by atoms with Crippen molar-refractivity contribution in [1.29, 1.82) is 0 Å². The van der Waals surface area contributed by atoms with Gasteiger partial charge in [0.25, 0.3) is 0 Å². The number of methoxy groups -OCH3 is 1. The molecular formula is C19H30N2O2. The van der Waals surface area contributed by atoms with E-state index >= 15 is 0 Å². The van der Waals surface area contributed by atoms with Crippen molar-refractivity contribution < 1.29 is 9.53 Å². The van der Waals surface area contributed by atoms with Crippen LogP contribution in [0.25, 0.3) is 0 Å². The molecule has 2 rings (SSSR count). The maximum absolute atomic E-state index is 12.0. The summed E-state index contributed by atoms with van der Waals surface area (Å²) in [6, 6.07) is 8.56. The number of likely N-dealkylation sites (tertiary alicyclic amines) is 1. The van der Waals surface area contributed by atoms with Gasteiger partial charge in [-0.1, -0.05) is 12.1 Å². The molecule has 0 bridgehead atoms. The predicted molar refractivity (Wildman–Crippen MR) is 93.8 cm³/mol. The number of rotatable bonds is 7. The zero-order chi connectivity index (χ0) is 16.7. The molecule has 4 nitrogen and oxygen atoms in total. The molecule has 0 radical (unpaired) electrons. The van der Waals surface area contributed by atoms with E-state index in [1.807, 2.05) is 24.3 Å². The highest BCUT2D eigenvalue weighted by Gasteiger charge is 2.20. The molecule has 1 aromatic rings. The van der Waals surface area contributed by atoms with Crippen LogP contribution in [0.15, 0.2) is 24.3 Å². The standard InChI is InChI=1S/C19H30N2O2/c1-15(2)21-12-10-17(11-13-21)14-20-19(22)9-6-16-4-7-18(23-3)8-5-16/h4-5,7-8,15,17H,6,9-14H2,1-3H3,(H,20,22). The first-order chi connectivity index (χ1) is 11.1. The number of piperidine rings is 1. The summed E-state index contributed by atoms with van der Waals surface area (Å²) in [5.41, 5.74) is 1.17. The molecule has 128 valence electrons. The molecule has 0 unspecified atom stereocenters. The Morgan fingerprint density at radius 3 is 2.48 bits per heavy atom. The fourth-order valence-corrected chi connectivity index (χ4v) is 3.07. The molecule has 0 spiro atoms. The van der Waals surface area contributed by atoms with Crippen LogP contribution in [0.5, 0.6) is 5.75 Å². The van der Waals surface area contributed by atoms with Crippen molar-refractivity contribution in [2.45, 2.75) is 45.6 Å². The van der Waals surface area contributed by atoms with E-state index in [4.69, 9.17) is 4.74 Å². The molecule has 1 fully saturated rings. The molecule has 1 aliphatic heterocycles. The van der Waals surface area contributed by atoms with E-state index in [1.165, 1.54) is 18.4 Å². The molecule has 4 heteroatoms. The van der Waals surface area contributed by atoms with Gasteiger partial charge in [0.1, 0.15) is 5.75 Å². The monoisotopic (exact) mass is 318 g/mol. The molecule has 0 aromatic heterocycles. The summed E-state index contributed by atoms with van der Waals surface area (Å²) in [5, 5.41) is 3.11. The summed E-state index contributed by atoms with van der Waals surface area (Å²) >= 11 is 0. The van der Waals surface area contributed by atoms with Gasteiger partial charge in [-0.15, -0.1) is 0 Å². The number of ether oxygens (including phenoxy) is 1. The molecule has 0 atom stereocenters. The summed E-state index contributed by atoms with van der Waals surface area (Å²) in [6.07, 6.45) is 3.71. The summed E-state index contributed by atoms with van der Waals surface area (Å²) in [7, 11) is 1.66. The lowest BCUT2D eigenvalue weighted by atomic mass is 9.96. The second-order valence-corrected chi connectivity index (χ2v) is 6.73. The Balaban J connectivity index is 1.63. The molecule has 1 aromatic carbocycles. The van der Waals surface area contributed by atoms with Gasteiger partial charge in [0.2, 0.25) is 5.91 Å². The van der Waals surface area contributed by atoms with Crippen LogP contribution >= 0.6 is 0 Å². The zero-order valence-corrected chi connectivity index (χ0v) is 14.7. The first-order valence-corrected chi connectivity index (χ1v) is 8.72. The van der Waals surface area contributed by atoms with Crippen LogP contribution in [0, 0.1) is 5.92 Å². The van der Waals surface area contributed by atoms with Gasteiger partial charge >= 0.3 is 0 Å². The number of carbonyl (C=O) groups is 1. The average Bonchev–Trinajstić information content (AvgIpc) is 2.59. The van der Waals surface area contributed by atoms with Crippen molar-refractivity contribution in [2.24, 2.45) is 5.92 Å². The molecular weight excluding hydrogens is 288 g/mol. The number of aryl methyl sites for hydroxylation is 1. The first kappa shape index (κ1) is 17.8. The van der Waals surface area contributed by atoms with Crippen molar-refractivity contribution >= 4 is 5.91 Å². The fourth-order valence-electron chi connectivity index (χ4n) is 3.07. The third kappa shape index (κ3) is 5.87. The van der Waals surface area contributed by atoms with Gasteiger partial charge in [-0.2, -0.15) is 0 Å². The maximum atomic E-state index is 12.0. The van der Waals surface area contributed by atoms with Gasteiger partial charge in [-0.3, -0.25) is 4.79 Å². The zero-order valence-electron chi connectivity index (χ0n) is 14.7. The topological polar surface area (TPSA) is 41.6 Å². The van der Waals surface area contributed by atoms with Gasteiger partial charge in [0, 0.05) is 19.0 Å². The number of hydrogen-bond acceptors (Lipinski definition) is 3. The number of hydrogen-bond donors (Lipinski definition) is 1. The van der Waals surface area contributed by atoms with Crippen molar-refractivity contribution in [3.8, 4) is 5.75 Å². The quantitative estimate of drug-likeness (QED) is 0.840. The summed E-state index contributed by atoms with van der Waals surface area (Å²) in [6.45, 7) is 7.64. The largest absolute Gasteiger partial charge is 0.497 e. The Hall–Kier alpha value is -1.55. The fraction of sp³-hybridized carbons (Fsp3) is 0.632. The Bertz CT molecular complexity index is 477. The first-order valence-electron chi connectivity index (χ1n) is 8.72. The summed E-state index contributed by atoms with van der Waals surface area (Å²) in [5.74, 6) is 1.65. The van der Waals surface area contributed by atoms with E-state index in [-0.39, 0.29) is 5.91 Å². The van der Waals surface area contributed by atoms with Gasteiger partial charge in [0.15, 0.2) is 0 Å². The molecule has 0 aliphatic carbocycles. The number of nitrogens with one attached hydrogen (secondary N) is 1. The molecule has 1 heterocycles. The van der Waals surface area contributed by atoms with Gasteiger partial charge in [-0.25, -0.2) is 0 Å². The van der Waals surface area contributed by atoms with Crippen molar-refractivity contribution in [3.63, 3.8) is 0 Å². The van der Waals surface area contributed by atoms with Crippen LogP contribution in [-0.4, -0.2) is 43.6 Å². The van der Waals surface area contributed by atoms with Gasteiger partial charge in [0.05, 0.1) is 7.11 Å². The van der Waals surface area contributed by atoms with E-state index in [0.717, 1.165) is 31.8 Å². The second-order valence-electron chi connectivity index (χ2n) is 6.73. The van der Waals surface area contributed by atoms with Crippen molar-refractivity contribution in [3.05, 3.63) is 29.8 Å². The van der Waals surface area contributed by atoms with E-state index in [2.05, 4.69) is 24.1 Å².